The van der Waals surface area contributed by atoms with Gasteiger partial charge in [-0.1, -0.05) is 12.2 Å². The largest absolute Gasteiger partial charge is 0.288 e. The molecule has 68 valence electrons. The highest BCUT2D eigenvalue weighted by atomic mass is 79.9. The van der Waals surface area contributed by atoms with E-state index in [0.29, 0.717) is 22.3 Å². The second-order valence-electron chi connectivity index (χ2n) is 2.78. The lowest BCUT2D eigenvalue weighted by atomic mass is 10.1. The topological polar surface area (TPSA) is 23.5 Å². The van der Waals surface area contributed by atoms with E-state index >= 15 is 0 Å². The standard InChI is InChI=1S/C9H7BrFNO/c10-9-6-2-1-5-12(13)8(6)4-3-7(9)11/h1-4,13H,5H2. The summed E-state index contributed by atoms with van der Waals surface area (Å²) in [6.45, 7) is 0.436. The van der Waals surface area contributed by atoms with Crippen molar-refractivity contribution in [2.24, 2.45) is 0 Å². The van der Waals surface area contributed by atoms with E-state index in [0.717, 1.165) is 5.06 Å². The molecule has 0 aliphatic carbocycles. The van der Waals surface area contributed by atoms with Crippen LogP contribution in [-0.4, -0.2) is 11.8 Å². The fourth-order valence-corrected chi connectivity index (χ4v) is 1.78. The predicted molar refractivity (Wildman–Crippen MR) is 52.3 cm³/mol. The van der Waals surface area contributed by atoms with Gasteiger partial charge in [-0.15, -0.1) is 0 Å². The van der Waals surface area contributed by atoms with E-state index in [1.54, 1.807) is 18.2 Å². The highest BCUT2D eigenvalue weighted by Crippen LogP contribution is 2.32. The van der Waals surface area contributed by atoms with Crippen molar-refractivity contribution in [3.05, 3.63) is 34.1 Å². The molecule has 1 aliphatic rings. The maximum Gasteiger partial charge on any atom is 0.138 e. The van der Waals surface area contributed by atoms with Crippen molar-refractivity contribution < 1.29 is 9.60 Å². The fourth-order valence-electron chi connectivity index (χ4n) is 1.31. The van der Waals surface area contributed by atoms with Crippen LogP contribution in [0.5, 0.6) is 0 Å². The number of hydrogen-bond donors (Lipinski definition) is 1. The van der Waals surface area contributed by atoms with Crippen molar-refractivity contribution >= 4 is 27.7 Å². The third-order valence-corrected chi connectivity index (χ3v) is 2.76. The van der Waals surface area contributed by atoms with Crippen LogP contribution < -0.4 is 5.06 Å². The van der Waals surface area contributed by atoms with Gasteiger partial charge in [-0.25, -0.2) is 4.39 Å². The van der Waals surface area contributed by atoms with E-state index in [-0.39, 0.29) is 5.82 Å². The molecule has 1 aliphatic heterocycles. The smallest absolute Gasteiger partial charge is 0.138 e. The predicted octanol–water partition coefficient (Wildman–Crippen LogP) is 2.81. The number of halogens is 2. The maximum absolute atomic E-state index is 13.1. The Bertz CT molecular complexity index is 378. The van der Waals surface area contributed by atoms with Crippen molar-refractivity contribution in [1.82, 2.24) is 0 Å². The van der Waals surface area contributed by atoms with E-state index in [1.807, 2.05) is 0 Å². The molecule has 0 unspecified atom stereocenters. The molecule has 0 amide bonds. The van der Waals surface area contributed by atoms with Crippen LogP contribution in [0, 0.1) is 5.82 Å². The molecule has 2 rings (SSSR count). The first-order chi connectivity index (χ1) is 6.20. The van der Waals surface area contributed by atoms with Crippen LogP contribution in [0.15, 0.2) is 22.7 Å². The number of nitrogens with zero attached hydrogens (tertiary/aromatic N) is 1. The lowest BCUT2D eigenvalue weighted by Crippen LogP contribution is -2.21. The highest BCUT2D eigenvalue weighted by Gasteiger charge is 2.15. The van der Waals surface area contributed by atoms with E-state index in [2.05, 4.69) is 15.9 Å². The van der Waals surface area contributed by atoms with Crippen LogP contribution in [-0.2, 0) is 0 Å². The molecule has 1 heterocycles. The number of fused-ring (bicyclic) bond motifs is 1. The molecule has 1 aromatic rings. The second kappa shape index (κ2) is 3.12. The van der Waals surface area contributed by atoms with Crippen molar-refractivity contribution in [3.63, 3.8) is 0 Å². The Morgan fingerprint density at radius 1 is 1.46 bits per heavy atom. The first-order valence-corrected chi connectivity index (χ1v) is 4.60. The minimum atomic E-state index is -0.321. The van der Waals surface area contributed by atoms with Gasteiger partial charge in [0.15, 0.2) is 0 Å². The molecule has 0 atom stereocenters. The lowest BCUT2D eigenvalue weighted by Gasteiger charge is -2.22. The Balaban J connectivity index is 2.65. The van der Waals surface area contributed by atoms with Crippen LogP contribution in [0.3, 0.4) is 0 Å². The number of benzene rings is 1. The van der Waals surface area contributed by atoms with Gasteiger partial charge < -0.3 is 0 Å². The molecule has 0 spiro atoms. The second-order valence-corrected chi connectivity index (χ2v) is 3.57. The summed E-state index contributed by atoms with van der Waals surface area (Å²) >= 11 is 3.13. The quantitative estimate of drug-likeness (QED) is 0.758. The van der Waals surface area contributed by atoms with Gasteiger partial charge in [0, 0.05) is 5.56 Å². The summed E-state index contributed by atoms with van der Waals surface area (Å²) in [5, 5.41) is 10.5. The summed E-state index contributed by atoms with van der Waals surface area (Å²) in [5.41, 5.74) is 1.30. The summed E-state index contributed by atoms with van der Waals surface area (Å²) in [5.74, 6) is -0.321. The van der Waals surface area contributed by atoms with Crippen molar-refractivity contribution in [1.29, 1.82) is 0 Å². The molecule has 4 heteroatoms. The summed E-state index contributed by atoms with van der Waals surface area (Å²) in [4.78, 5) is 0. The van der Waals surface area contributed by atoms with Crippen molar-refractivity contribution in [2.75, 3.05) is 11.6 Å². The van der Waals surface area contributed by atoms with Gasteiger partial charge in [-0.3, -0.25) is 10.3 Å². The average molecular weight is 244 g/mol. The Morgan fingerprint density at radius 3 is 3.00 bits per heavy atom. The molecule has 2 nitrogen and oxygen atoms in total. The first-order valence-electron chi connectivity index (χ1n) is 3.81. The van der Waals surface area contributed by atoms with Crippen LogP contribution in [0.4, 0.5) is 10.1 Å². The average Bonchev–Trinajstić information content (AvgIpc) is 2.12. The first kappa shape index (κ1) is 8.72. The van der Waals surface area contributed by atoms with Crippen LogP contribution in [0.1, 0.15) is 5.56 Å². The van der Waals surface area contributed by atoms with Gasteiger partial charge in [0.05, 0.1) is 16.7 Å². The Morgan fingerprint density at radius 2 is 2.23 bits per heavy atom. The summed E-state index contributed by atoms with van der Waals surface area (Å²) in [6, 6.07) is 2.88. The van der Waals surface area contributed by atoms with Gasteiger partial charge in [-0.2, -0.15) is 0 Å². The van der Waals surface area contributed by atoms with Gasteiger partial charge in [0.1, 0.15) is 5.82 Å². The number of hydroxylamine groups is 1. The summed E-state index contributed by atoms with van der Waals surface area (Å²) < 4.78 is 13.4. The van der Waals surface area contributed by atoms with E-state index in [1.165, 1.54) is 6.07 Å². The minimum absolute atomic E-state index is 0.321. The van der Waals surface area contributed by atoms with E-state index in [9.17, 15) is 9.60 Å². The molecular weight excluding hydrogens is 237 g/mol. The SMILES string of the molecule is ON1CC=Cc2c1ccc(F)c2Br. The molecular formula is C9H7BrFNO. The monoisotopic (exact) mass is 243 g/mol. The van der Waals surface area contributed by atoms with Crippen LogP contribution in [0.2, 0.25) is 0 Å². The number of hydrogen-bond acceptors (Lipinski definition) is 2. The normalized spacial score (nSPS) is 14.5. The maximum atomic E-state index is 13.1. The van der Waals surface area contributed by atoms with Gasteiger partial charge in [0.25, 0.3) is 0 Å². The molecule has 0 fully saturated rings. The van der Waals surface area contributed by atoms with Crippen molar-refractivity contribution in [2.45, 2.75) is 0 Å². The molecule has 1 aromatic carbocycles. The minimum Gasteiger partial charge on any atom is -0.288 e. The van der Waals surface area contributed by atoms with E-state index < -0.39 is 0 Å². The Hall–Kier alpha value is -0.870. The third kappa shape index (κ3) is 1.36. The third-order valence-electron chi connectivity index (χ3n) is 1.95. The number of rotatable bonds is 0. The molecule has 0 bridgehead atoms. The highest BCUT2D eigenvalue weighted by molar-refractivity contribution is 9.10. The molecule has 0 saturated carbocycles. The van der Waals surface area contributed by atoms with E-state index in [4.69, 9.17) is 0 Å². The van der Waals surface area contributed by atoms with Crippen molar-refractivity contribution in [3.8, 4) is 0 Å². The zero-order valence-corrected chi connectivity index (χ0v) is 8.25. The number of anilines is 1. The zero-order chi connectivity index (χ0) is 9.42. The van der Waals surface area contributed by atoms with Crippen LogP contribution >= 0.6 is 15.9 Å². The van der Waals surface area contributed by atoms with Gasteiger partial charge >= 0.3 is 0 Å². The summed E-state index contributed by atoms with van der Waals surface area (Å²) in [7, 11) is 0. The molecule has 13 heavy (non-hydrogen) atoms. The van der Waals surface area contributed by atoms with Gasteiger partial charge in [0.2, 0.25) is 0 Å². The molecule has 1 N–H and O–H groups in total. The molecule has 0 saturated heterocycles. The summed E-state index contributed by atoms with van der Waals surface area (Å²) in [6.07, 6.45) is 3.56. The van der Waals surface area contributed by atoms with Crippen LogP contribution in [0.25, 0.3) is 6.08 Å². The molecule has 0 radical (unpaired) electrons. The van der Waals surface area contributed by atoms with Gasteiger partial charge in [-0.05, 0) is 28.1 Å². The Kier molecular flexibility index (Phi) is 2.09. The Labute approximate surface area is 83.4 Å². The lowest BCUT2D eigenvalue weighted by molar-refractivity contribution is 0.265. The zero-order valence-electron chi connectivity index (χ0n) is 6.67. The fraction of sp³-hybridized carbons (Fsp3) is 0.111. The molecule has 0 aromatic heterocycles.